The van der Waals surface area contributed by atoms with Gasteiger partial charge in [0, 0.05) is 29.8 Å². The summed E-state index contributed by atoms with van der Waals surface area (Å²) in [7, 11) is 0. The maximum absolute atomic E-state index is 12.0. The lowest BCUT2D eigenvalue weighted by Gasteiger charge is -2.32. The van der Waals surface area contributed by atoms with Crippen LogP contribution in [-0.4, -0.2) is 10.8 Å². The van der Waals surface area contributed by atoms with Crippen LogP contribution in [0.5, 0.6) is 0 Å². The molecule has 2 atom stereocenters. The highest BCUT2D eigenvalue weighted by Gasteiger charge is 2.46. The minimum atomic E-state index is 0.179. The molecular weight excluding hydrogens is 210 g/mol. The van der Waals surface area contributed by atoms with E-state index in [0.29, 0.717) is 11.7 Å². The van der Waals surface area contributed by atoms with E-state index in [1.165, 1.54) is 5.57 Å². The Morgan fingerprint density at radius 1 is 1.41 bits per heavy atom. The second kappa shape index (κ2) is 3.95. The molecule has 1 aromatic heterocycles. The van der Waals surface area contributed by atoms with Gasteiger partial charge in [-0.25, -0.2) is 0 Å². The molecule has 1 heterocycles. The number of carbonyl (C=O) groups excluding carboxylic acids is 1. The molecule has 2 aliphatic carbocycles. The molecule has 0 aliphatic heterocycles. The fourth-order valence-electron chi connectivity index (χ4n) is 2.77. The maximum atomic E-state index is 12.0. The van der Waals surface area contributed by atoms with E-state index >= 15 is 0 Å². The average molecular weight is 225 g/mol. The van der Waals surface area contributed by atoms with Crippen molar-refractivity contribution in [2.75, 3.05) is 0 Å². The number of fused-ring (bicyclic) bond motifs is 1. The van der Waals surface area contributed by atoms with Gasteiger partial charge < -0.3 is 0 Å². The van der Waals surface area contributed by atoms with Crippen molar-refractivity contribution in [1.29, 1.82) is 0 Å². The van der Waals surface area contributed by atoms with E-state index in [2.05, 4.69) is 18.0 Å². The van der Waals surface area contributed by atoms with Gasteiger partial charge in [0.25, 0.3) is 0 Å². The third-order valence-electron chi connectivity index (χ3n) is 3.80. The van der Waals surface area contributed by atoms with Crippen molar-refractivity contribution in [3.05, 3.63) is 47.3 Å². The summed E-state index contributed by atoms with van der Waals surface area (Å²) in [5.74, 6) is 0.943. The summed E-state index contributed by atoms with van der Waals surface area (Å²) in [5.41, 5.74) is 3.51. The fourth-order valence-corrected chi connectivity index (χ4v) is 2.77. The van der Waals surface area contributed by atoms with Crippen LogP contribution in [0.4, 0.5) is 0 Å². The van der Waals surface area contributed by atoms with E-state index in [9.17, 15) is 4.79 Å². The number of rotatable bonds is 2. The maximum Gasteiger partial charge on any atom is 0.166 e. The van der Waals surface area contributed by atoms with Crippen molar-refractivity contribution >= 4 is 11.9 Å². The van der Waals surface area contributed by atoms with Crippen LogP contribution >= 0.6 is 0 Å². The van der Waals surface area contributed by atoms with E-state index in [4.69, 9.17) is 0 Å². The zero-order chi connectivity index (χ0) is 11.8. The second-order valence-corrected chi connectivity index (χ2v) is 4.76. The van der Waals surface area contributed by atoms with E-state index < -0.39 is 0 Å². The zero-order valence-electron chi connectivity index (χ0n) is 9.89. The largest absolute Gasteiger partial charge is 0.294 e. The summed E-state index contributed by atoms with van der Waals surface area (Å²) in [6, 6.07) is 3.88. The molecule has 0 bridgehead atoms. The smallest absolute Gasteiger partial charge is 0.166 e. The van der Waals surface area contributed by atoms with Gasteiger partial charge in [0.05, 0.1) is 0 Å². The SMILES string of the molecule is CCC1=C[C@H]2C(=O)/C(=C\c3ccncc3)[C@H]2C1. The number of pyridine rings is 1. The third kappa shape index (κ3) is 1.64. The molecule has 3 rings (SSSR count). The number of Topliss-reactive ketones (excluding diaryl/α,β-unsaturated/α-hetero) is 1. The average Bonchev–Trinajstić information content (AvgIpc) is 2.77. The zero-order valence-corrected chi connectivity index (χ0v) is 9.89. The quantitative estimate of drug-likeness (QED) is 0.572. The predicted molar refractivity (Wildman–Crippen MR) is 67.2 cm³/mol. The van der Waals surface area contributed by atoms with Gasteiger partial charge in [-0.3, -0.25) is 9.78 Å². The van der Waals surface area contributed by atoms with Gasteiger partial charge >= 0.3 is 0 Å². The summed E-state index contributed by atoms with van der Waals surface area (Å²) in [4.78, 5) is 16.0. The lowest BCUT2D eigenvalue weighted by atomic mass is 9.69. The predicted octanol–water partition coefficient (Wildman–Crippen LogP) is 3.02. The van der Waals surface area contributed by atoms with Crippen molar-refractivity contribution in [2.24, 2.45) is 11.8 Å². The van der Waals surface area contributed by atoms with Crippen LogP contribution in [0.1, 0.15) is 25.3 Å². The number of carbonyl (C=O) groups is 1. The minimum Gasteiger partial charge on any atom is -0.294 e. The Balaban J connectivity index is 1.85. The summed E-state index contributed by atoms with van der Waals surface area (Å²) >= 11 is 0. The van der Waals surface area contributed by atoms with Gasteiger partial charge in [-0.15, -0.1) is 0 Å². The Kier molecular flexibility index (Phi) is 2.43. The van der Waals surface area contributed by atoms with Crippen LogP contribution in [0.3, 0.4) is 0 Å². The van der Waals surface area contributed by atoms with Crippen molar-refractivity contribution < 1.29 is 4.79 Å². The molecule has 0 amide bonds. The Bertz CT molecular complexity index is 513. The van der Waals surface area contributed by atoms with Crippen molar-refractivity contribution in [3.63, 3.8) is 0 Å². The number of hydrogen-bond donors (Lipinski definition) is 0. The molecule has 0 spiro atoms. The molecule has 0 radical (unpaired) electrons. The molecule has 0 unspecified atom stereocenters. The third-order valence-corrected chi connectivity index (χ3v) is 3.80. The molecule has 2 heteroatoms. The summed E-state index contributed by atoms with van der Waals surface area (Å²) in [5, 5.41) is 0. The topological polar surface area (TPSA) is 30.0 Å². The molecule has 17 heavy (non-hydrogen) atoms. The van der Waals surface area contributed by atoms with Crippen LogP contribution in [-0.2, 0) is 4.79 Å². The first-order valence-corrected chi connectivity index (χ1v) is 6.15. The van der Waals surface area contributed by atoms with Gasteiger partial charge in [-0.2, -0.15) is 0 Å². The van der Waals surface area contributed by atoms with E-state index in [1.807, 2.05) is 18.2 Å². The van der Waals surface area contributed by atoms with E-state index in [1.54, 1.807) is 12.4 Å². The normalized spacial score (nSPS) is 28.9. The lowest BCUT2D eigenvalue weighted by molar-refractivity contribution is -0.123. The Hall–Kier alpha value is -1.70. The van der Waals surface area contributed by atoms with Gasteiger partial charge in [-0.05, 0) is 36.6 Å². The number of ketones is 1. The molecule has 0 aromatic carbocycles. The molecule has 1 saturated carbocycles. The van der Waals surface area contributed by atoms with Crippen LogP contribution in [0.25, 0.3) is 6.08 Å². The highest BCUT2D eigenvalue weighted by Crippen LogP contribution is 2.48. The monoisotopic (exact) mass is 225 g/mol. The van der Waals surface area contributed by atoms with Crippen molar-refractivity contribution in [3.8, 4) is 0 Å². The van der Waals surface area contributed by atoms with Crippen LogP contribution in [0.15, 0.2) is 41.7 Å². The Morgan fingerprint density at radius 3 is 2.88 bits per heavy atom. The highest BCUT2D eigenvalue weighted by atomic mass is 16.1. The van der Waals surface area contributed by atoms with Crippen LogP contribution in [0, 0.1) is 11.8 Å². The fraction of sp³-hybridized carbons (Fsp3) is 0.333. The molecule has 1 fully saturated rings. The van der Waals surface area contributed by atoms with Gasteiger partial charge in [0.15, 0.2) is 5.78 Å². The number of allylic oxidation sites excluding steroid dienone is 3. The van der Waals surface area contributed by atoms with Crippen LogP contribution < -0.4 is 0 Å². The van der Waals surface area contributed by atoms with Crippen molar-refractivity contribution in [2.45, 2.75) is 19.8 Å². The minimum absolute atomic E-state index is 0.179. The standard InChI is InChI=1S/C15H15NO/c1-2-10-7-12-13(8-10)15(17)14(12)9-11-3-5-16-6-4-11/h3-6,8-9,12-13H,2,7H2,1H3/b14-9-/t12-,13+/m0/s1. The van der Waals surface area contributed by atoms with E-state index in [-0.39, 0.29) is 5.92 Å². The van der Waals surface area contributed by atoms with Gasteiger partial charge in [0.1, 0.15) is 0 Å². The Labute approximate surface area is 101 Å². The number of aromatic nitrogens is 1. The number of nitrogens with zero attached hydrogens (tertiary/aromatic N) is 1. The first-order chi connectivity index (χ1) is 8.29. The lowest BCUT2D eigenvalue weighted by Crippen LogP contribution is -2.36. The Morgan fingerprint density at radius 2 is 2.18 bits per heavy atom. The van der Waals surface area contributed by atoms with E-state index in [0.717, 1.165) is 24.0 Å². The molecule has 1 aromatic rings. The molecular formula is C15H15NO. The second-order valence-electron chi connectivity index (χ2n) is 4.76. The number of hydrogen-bond acceptors (Lipinski definition) is 2. The van der Waals surface area contributed by atoms with Gasteiger partial charge in [-0.1, -0.05) is 18.6 Å². The molecule has 0 N–H and O–H groups in total. The summed E-state index contributed by atoms with van der Waals surface area (Å²) in [6.07, 6.45) is 9.87. The first-order valence-electron chi connectivity index (χ1n) is 6.15. The van der Waals surface area contributed by atoms with Gasteiger partial charge in [0.2, 0.25) is 0 Å². The first kappa shape index (κ1) is 10.5. The molecule has 2 nitrogen and oxygen atoms in total. The van der Waals surface area contributed by atoms with Crippen molar-refractivity contribution in [1.82, 2.24) is 4.98 Å². The molecule has 86 valence electrons. The summed E-state index contributed by atoms with van der Waals surface area (Å²) in [6.45, 7) is 2.16. The highest BCUT2D eigenvalue weighted by molar-refractivity contribution is 6.10. The molecule has 0 saturated heterocycles. The van der Waals surface area contributed by atoms with Crippen LogP contribution in [0.2, 0.25) is 0 Å². The summed E-state index contributed by atoms with van der Waals surface area (Å²) < 4.78 is 0. The molecule has 2 aliphatic rings.